The van der Waals surface area contributed by atoms with Crippen molar-refractivity contribution in [2.45, 2.75) is 86.5 Å². The number of carbonyl (C=O) groups is 2. The summed E-state index contributed by atoms with van der Waals surface area (Å²) in [5.74, 6) is -1.50. The molecule has 2 saturated heterocycles. The predicted molar refractivity (Wildman–Crippen MR) is 186 cm³/mol. The van der Waals surface area contributed by atoms with Crippen LogP contribution >= 0.6 is 0 Å². The van der Waals surface area contributed by atoms with Crippen LogP contribution in [0.1, 0.15) is 44.2 Å². The first-order chi connectivity index (χ1) is 25.1. The number of fused-ring (bicyclic) bond motifs is 1. The Kier molecular flexibility index (Phi) is 11.3. The van der Waals surface area contributed by atoms with Gasteiger partial charge in [-0.1, -0.05) is 19.1 Å². The van der Waals surface area contributed by atoms with Gasteiger partial charge in [-0.3, -0.25) is 4.79 Å². The van der Waals surface area contributed by atoms with Crippen molar-refractivity contribution in [1.82, 2.24) is 40.4 Å². The van der Waals surface area contributed by atoms with E-state index in [1.54, 1.807) is 19.1 Å². The van der Waals surface area contributed by atoms with E-state index in [1.165, 1.54) is 23.0 Å². The summed E-state index contributed by atoms with van der Waals surface area (Å²) in [6.07, 6.45) is -5.13. The van der Waals surface area contributed by atoms with Gasteiger partial charge in [-0.05, 0) is 56.3 Å². The molecule has 1 aliphatic carbocycles. The van der Waals surface area contributed by atoms with Gasteiger partial charge in [0.1, 0.15) is 12.2 Å². The van der Waals surface area contributed by atoms with Crippen LogP contribution in [-0.4, -0.2) is 131 Å². The molecule has 2 aromatic heterocycles. The molecule has 0 bridgehead atoms. The second-order valence-corrected chi connectivity index (χ2v) is 15.2. The van der Waals surface area contributed by atoms with Gasteiger partial charge in [-0.2, -0.15) is 23.1 Å². The van der Waals surface area contributed by atoms with Crippen LogP contribution in [0.2, 0.25) is 0 Å². The van der Waals surface area contributed by atoms with Crippen molar-refractivity contribution >= 4 is 44.9 Å². The third-order valence-electron chi connectivity index (χ3n) is 9.92. The van der Waals surface area contributed by atoms with Crippen LogP contribution in [0.25, 0.3) is 11.2 Å². The average Bonchev–Trinajstić information content (AvgIpc) is 3.92. The number of amides is 3. The number of hydrogen-bond donors (Lipinski definition) is 7. The standard InChI is InChI=1S/C32H44F3N11O6S/c1-2-12-45(29(49)32(33,34)35)22-14-23(26(48)25(22)47)46-17-39-24-27(38-11-7-18-3-5-21(6-4-18)53(36,51)52)42-30(43-28(24)46)44-13-9-20(16-44)41-31(50)40-19-8-10-37-15-19/h3-6,17,19-20,22-23,25-26,37,47-48H,2,7-16H2,1H3,(H2,36,51,52)(H,38,42,43)(H2,40,41,50)/t19?,20-,22+,23-,25-,26+/m1/s1. The number of aliphatic hydroxyl groups is 2. The SMILES string of the molecule is CCCN(C(=O)C(F)(F)F)[C@H]1C[C@@H](n2cnc3c(NCCc4ccc(S(N)(=O)=O)cc4)nc(N4CC[C@@H](NC(=O)NC5CCNC5)C4)nc32)[C@H](O)[C@@H]1O. The van der Waals surface area contributed by atoms with Crippen LogP contribution in [0.4, 0.5) is 29.7 Å². The monoisotopic (exact) mass is 767 g/mol. The van der Waals surface area contributed by atoms with Gasteiger partial charge in [-0.25, -0.2) is 23.3 Å². The number of nitrogens with two attached hydrogens (primary N) is 1. The molecule has 1 saturated carbocycles. The minimum Gasteiger partial charge on any atom is -0.388 e. The van der Waals surface area contributed by atoms with Crippen LogP contribution in [0.5, 0.6) is 0 Å². The molecule has 1 aromatic carbocycles. The Labute approximate surface area is 303 Å². The summed E-state index contributed by atoms with van der Waals surface area (Å²) in [7, 11) is -3.85. The molecule has 1 unspecified atom stereocenters. The molecule has 6 atom stereocenters. The highest BCUT2D eigenvalue weighted by atomic mass is 32.2. The number of primary sulfonamides is 1. The highest BCUT2D eigenvalue weighted by Crippen LogP contribution is 2.38. The normalized spacial score (nSPS) is 24.8. The molecule has 3 aliphatic rings. The van der Waals surface area contributed by atoms with Crippen LogP contribution in [0.15, 0.2) is 35.5 Å². The third kappa shape index (κ3) is 8.58. The minimum atomic E-state index is -5.16. The molecule has 3 fully saturated rings. The van der Waals surface area contributed by atoms with Gasteiger partial charge < -0.3 is 45.8 Å². The van der Waals surface area contributed by atoms with Crippen molar-refractivity contribution in [2.75, 3.05) is 49.5 Å². The van der Waals surface area contributed by atoms with Crippen molar-refractivity contribution < 1.29 is 41.4 Å². The first kappa shape index (κ1) is 38.4. The summed E-state index contributed by atoms with van der Waals surface area (Å²) in [5.41, 5.74) is 1.33. The number of nitrogens with zero attached hydrogens (tertiary/aromatic N) is 6. The number of aromatic nitrogens is 4. The fraction of sp³-hybridized carbons (Fsp3) is 0.594. The Balaban J connectivity index is 1.26. The summed E-state index contributed by atoms with van der Waals surface area (Å²) in [4.78, 5) is 41.5. The molecule has 8 N–H and O–H groups in total. The molecule has 0 radical (unpaired) electrons. The van der Waals surface area contributed by atoms with E-state index in [0.717, 1.165) is 18.5 Å². The maximum atomic E-state index is 13.5. The highest BCUT2D eigenvalue weighted by Gasteiger charge is 2.51. The topological polar surface area (TPSA) is 233 Å². The van der Waals surface area contributed by atoms with Crippen molar-refractivity contribution in [3.05, 3.63) is 36.2 Å². The molecule has 17 nitrogen and oxygen atoms in total. The first-order valence-electron chi connectivity index (χ1n) is 17.5. The molecular weight excluding hydrogens is 723 g/mol. The number of alkyl halides is 3. The summed E-state index contributed by atoms with van der Waals surface area (Å²) in [6.45, 7) is 4.07. The van der Waals surface area contributed by atoms with E-state index >= 15 is 0 Å². The lowest BCUT2D eigenvalue weighted by Crippen LogP contribution is -2.51. The van der Waals surface area contributed by atoms with E-state index in [0.29, 0.717) is 55.3 Å². The fourth-order valence-electron chi connectivity index (χ4n) is 7.23. The zero-order chi connectivity index (χ0) is 38.1. The van der Waals surface area contributed by atoms with Gasteiger partial charge in [0.15, 0.2) is 17.0 Å². The molecule has 4 heterocycles. The zero-order valence-electron chi connectivity index (χ0n) is 29.0. The van der Waals surface area contributed by atoms with E-state index in [-0.39, 0.29) is 54.0 Å². The lowest BCUT2D eigenvalue weighted by molar-refractivity contribution is -0.190. The van der Waals surface area contributed by atoms with Crippen LogP contribution in [0.3, 0.4) is 0 Å². The zero-order valence-corrected chi connectivity index (χ0v) is 29.8. The Morgan fingerprint density at radius 2 is 1.83 bits per heavy atom. The van der Waals surface area contributed by atoms with Gasteiger partial charge in [0.25, 0.3) is 0 Å². The first-order valence-corrected chi connectivity index (χ1v) is 19.1. The second kappa shape index (κ2) is 15.6. The van der Waals surface area contributed by atoms with Gasteiger partial charge in [0.2, 0.25) is 16.0 Å². The second-order valence-electron chi connectivity index (χ2n) is 13.6. The molecule has 6 rings (SSSR count). The Morgan fingerprint density at radius 1 is 1.09 bits per heavy atom. The van der Waals surface area contributed by atoms with E-state index in [1.807, 2.05) is 4.90 Å². The molecule has 3 amide bonds. The van der Waals surface area contributed by atoms with Crippen LogP contribution < -0.4 is 31.3 Å². The molecule has 3 aromatic rings. The summed E-state index contributed by atoms with van der Waals surface area (Å²) < 4.78 is 65.4. The van der Waals surface area contributed by atoms with Gasteiger partial charge in [-0.15, -0.1) is 0 Å². The number of imidazole rings is 1. The lowest BCUT2D eigenvalue weighted by Gasteiger charge is -2.31. The molecule has 53 heavy (non-hydrogen) atoms. The Hall–Kier alpha value is -4.31. The highest BCUT2D eigenvalue weighted by molar-refractivity contribution is 7.89. The number of sulfonamides is 1. The number of halogens is 3. The lowest BCUT2D eigenvalue weighted by atomic mass is 10.1. The predicted octanol–water partition coefficient (Wildman–Crippen LogP) is 0.204. The minimum absolute atomic E-state index is 0.0182. The van der Waals surface area contributed by atoms with E-state index in [4.69, 9.17) is 15.1 Å². The van der Waals surface area contributed by atoms with Gasteiger partial charge in [0.05, 0.1) is 23.3 Å². The van der Waals surface area contributed by atoms with Gasteiger partial charge in [0, 0.05) is 44.8 Å². The number of rotatable bonds is 12. The number of urea groups is 1. The van der Waals surface area contributed by atoms with E-state index in [9.17, 15) is 41.4 Å². The number of aliphatic hydroxyl groups excluding tert-OH is 2. The van der Waals surface area contributed by atoms with Gasteiger partial charge >= 0.3 is 18.1 Å². The third-order valence-corrected chi connectivity index (χ3v) is 10.8. The number of nitrogens with one attached hydrogen (secondary N) is 4. The van der Waals surface area contributed by atoms with Crippen molar-refractivity contribution in [3.8, 4) is 0 Å². The molecule has 2 aliphatic heterocycles. The maximum absolute atomic E-state index is 13.5. The molecule has 290 valence electrons. The summed E-state index contributed by atoms with van der Waals surface area (Å²) in [6, 6.07) is 3.35. The van der Waals surface area contributed by atoms with Crippen LogP contribution in [-0.2, 0) is 21.2 Å². The largest absolute Gasteiger partial charge is 0.471 e. The smallest absolute Gasteiger partial charge is 0.388 e. The Morgan fingerprint density at radius 3 is 2.49 bits per heavy atom. The number of anilines is 2. The number of hydrogen-bond acceptors (Lipinski definition) is 12. The number of benzene rings is 1. The average molecular weight is 768 g/mol. The molecular formula is C32H44F3N11O6S. The van der Waals surface area contributed by atoms with Crippen molar-refractivity contribution in [1.29, 1.82) is 0 Å². The van der Waals surface area contributed by atoms with Crippen molar-refractivity contribution in [2.24, 2.45) is 5.14 Å². The summed E-state index contributed by atoms with van der Waals surface area (Å²) in [5, 5.41) is 39.8. The summed E-state index contributed by atoms with van der Waals surface area (Å²) >= 11 is 0. The quantitative estimate of drug-likeness (QED) is 0.131. The molecule has 21 heteroatoms. The maximum Gasteiger partial charge on any atom is 0.471 e. The number of carbonyl (C=O) groups excluding carboxylic acids is 2. The fourth-order valence-corrected chi connectivity index (χ4v) is 7.74. The van der Waals surface area contributed by atoms with Crippen LogP contribution in [0, 0.1) is 0 Å². The van der Waals surface area contributed by atoms with Crippen molar-refractivity contribution in [3.63, 3.8) is 0 Å². The molecule has 0 spiro atoms. The van der Waals surface area contributed by atoms with E-state index < -0.39 is 46.4 Å². The Bertz CT molecular complexity index is 1890. The van der Waals surface area contributed by atoms with E-state index in [2.05, 4.69) is 26.3 Å².